The van der Waals surface area contributed by atoms with Crippen molar-refractivity contribution in [2.75, 3.05) is 0 Å². The molecule has 5 aromatic rings. The Bertz CT molecular complexity index is 2330. The van der Waals surface area contributed by atoms with E-state index in [1.807, 2.05) is 12.1 Å². The maximum Gasteiger partial charge on any atom is 0.150 e. The van der Waals surface area contributed by atoms with E-state index in [9.17, 15) is 4.79 Å². The summed E-state index contributed by atoms with van der Waals surface area (Å²) in [4.78, 5) is 11.0. The van der Waals surface area contributed by atoms with Gasteiger partial charge in [-0.25, -0.2) is 0 Å². The fraction of sp³-hybridized carbons (Fsp3) is 0.365. The summed E-state index contributed by atoms with van der Waals surface area (Å²) in [6.45, 7) is 25.9. The number of fused-ring (bicyclic) bond motifs is 9. The molecule has 53 heavy (non-hydrogen) atoms. The molecule has 0 saturated heterocycles. The summed E-state index contributed by atoms with van der Waals surface area (Å²) >= 11 is 0. The van der Waals surface area contributed by atoms with Crippen LogP contribution in [0.4, 0.5) is 0 Å². The number of carbonyl (C=O) groups excluding carboxylic acids is 1. The average Bonchev–Trinajstić information content (AvgIpc) is 3.58. The van der Waals surface area contributed by atoms with Gasteiger partial charge in [-0.1, -0.05) is 167 Å². The van der Waals surface area contributed by atoms with Crippen molar-refractivity contribution in [3.63, 3.8) is 0 Å². The quantitative estimate of drug-likeness (QED) is 0.133. The molecular weight excluding hydrogens is 641 g/mol. The Kier molecular flexibility index (Phi) is 7.88. The van der Waals surface area contributed by atoms with Crippen molar-refractivity contribution in [1.29, 1.82) is 0 Å². The zero-order valence-electron chi connectivity index (χ0n) is 33.8. The molecule has 1 nitrogen and oxygen atoms in total. The highest BCUT2D eigenvalue weighted by Crippen LogP contribution is 2.60. The third kappa shape index (κ3) is 5.44. The molecule has 0 N–H and O–H groups in total. The molecule has 0 radical (unpaired) electrons. The van der Waals surface area contributed by atoms with Crippen LogP contribution in [0.3, 0.4) is 0 Å². The topological polar surface area (TPSA) is 17.1 Å². The van der Waals surface area contributed by atoms with Gasteiger partial charge in [-0.2, -0.15) is 0 Å². The molecule has 1 heteroatoms. The zero-order valence-corrected chi connectivity index (χ0v) is 33.8. The highest BCUT2D eigenvalue weighted by Gasteiger charge is 2.47. The van der Waals surface area contributed by atoms with Gasteiger partial charge in [-0.05, 0) is 114 Å². The standard InChI is InChI=1S/C26H26O.C26H30/c1-25(2,3)23-15-21-19-8-6-7-9-22(19)26(4,5)24(21)14-20(23)18-12-10-17(16-27)11-13-18;1-24(2)12-11-17-19-14-21-18(13-22(19)26(5,6)23(17)15-24)16-9-7-8-10-20(16)25(21,3)4/h6-16H,1-5H3;7-10,13-15,17H,11-12H2,1-6H3. The van der Waals surface area contributed by atoms with Crippen molar-refractivity contribution in [2.24, 2.45) is 5.41 Å². The van der Waals surface area contributed by atoms with E-state index in [4.69, 9.17) is 0 Å². The number of rotatable bonds is 2. The molecule has 0 aliphatic heterocycles. The lowest BCUT2D eigenvalue weighted by Gasteiger charge is -2.35. The Morgan fingerprint density at radius 3 is 1.66 bits per heavy atom. The molecule has 0 spiro atoms. The number of hydrogen-bond donors (Lipinski definition) is 0. The molecule has 0 amide bonds. The van der Waals surface area contributed by atoms with E-state index in [0.29, 0.717) is 16.9 Å². The predicted molar refractivity (Wildman–Crippen MR) is 224 cm³/mol. The summed E-state index contributed by atoms with van der Waals surface area (Å²) in [6, 6.07) is 35.6. The van der Waals surface area contributed by atoms with Crippen molar-refractivity contribution in [3.8, 4) is 33.4 Å². The molecule has 270 valence electrons. The summed E-state index contributed by atoms with van der Waals surface area (Å²) in [5.74, 6) is 0.623. The zero-order chi connectivity index (χ0) is 37.9. The second-order valence-electron chi connectivity index (χ2n) is 19.6. The van der Waals surface area contributed by atoms with E-state index < -0.39 is 0 Å². The van der Waals surface area contributed by atoms with Gasteiger partial charge in [0.05, 0.1) is 0 Å². The van der Waals surface area contributed by atoms with Crippen LogP contribution < -0.4 is 0 Å². The fourth-order valence-corrected chi connectivity index (χ4v) is 10.3. The van der Waals surface area contributed by atoms with Crippen molar-refractivity contribution in [1.82, 2.24) is 0 Å². The van der Waals surface area contributed by atoms with Crippen LogP contribution in [0.5, 0.6) is 0 Å². The van der Waals surface area contributed by atoms with Gasteiger partial charge in [-0.3, -0.25) is 4.79 Å². The van der Waals surface area contributed by atoms with Gasteiger partial charge in [-0.15, -0.1) is 0 Å². The number of hydrogen-bond acceptors (Lipinski definition) is 1. The van der Waals surface area contributed by atoms with E-state index in [1.165, 1.54) is 74.0 Å². The lowest BCUT2D eigenvalue weighted by Crippen LogP contribution is -2.24. The first-order valence-electron chi connectivity index (χ1n) is 19.7. The molecule has 0 aromatic heterocycles. The van der Waals surface area contributed by atoms with Gasteiger partial charge in [0.1, 0.15) is 6.29 Å². The summed E-state index contributed by atoms with van der Waals surface area (Å²) in [6.07, 6.45) is 6.08. The maximum atomic E-state index is 11.0. The second kappa shape index (κ2) is 11.8. The fourth-order valence-electron chi connectivity index (χ4n) is 10.3. The molecule has 4 aliphatic rings. The van der Waals surface area contributed by atoms with E-state index >= 15 is 0 Å². The number of carbonyl (C=O) groups is 1. The minimum Gasteiger partial charge on any atom is -0.298 e. The van der Waals surface area contributed by atoms with Crippen LogP contribution in [-0.2, 0) is 21.7 Å². The largest absolute Gasteiger partial charge is 0.298 e. The minimum atomic E-state index is -0.0141. The number of aldehydes is 1. The van der Waals surface area contributed by atoms with Crippen LogP contribution in [0.2, 0.25) is 0 Å². The lowest BCUT2D eigenvalue weighted by molar-refractivity contribution is 0.112. The van der Waals surface area contributed by atoms with E-state index in [0.717, 1.165) is 6.29 Å². The number of benzene rings is 5. The Balaban J connectivity index is 0.000000151. The summed E-state index contributed by atoms with van der Waals surface area (Å²) < 4.78 is 0. The predicted octanol–water partition coefficient (Wildman–Crippen LogP) is 13.9. The van der Waals surface area contributed by atoms with Crippen molar-refractivity contribution < 1.29 is 4.79 Å². The molecule has 1 unspecified atom stereocenters. The lowest BCUT2D eigenvalue weighted by atomic mass is 9.70. The Morgan fingerprint density at radius 1 is 0.566 bits per heavy atom. The van der Waals surface area contributed by atoms with Crippen LogP contribution in [0, 0.1) is 5.41 Å². The van der Waals surface area contributed by atoms with Crippen molar-refractivity contribution in [3.05, 3.63) is 153 Å². The van der Waals surface area contributed by atoms with Crippen LogP contribution in [0.25, 0.3) is 33.4 Å². The average molecular weight is 697 g/mol. The highest BCUT2D eigenvalue weighted by atomic mass is 16.1. The van der Waals surface area contributed by atoms with Crippen LogP contribution in [-0.4, -0.2) is 6.29 Å². The summed E-state index contributed by atoms with van der Waals surface area (Å²) in [5.41, 5.74) is 21.3. The first kappa shape index (κ1) is 35.5. The van der Waals surface area contributed by atoms with E-state index in [1.54, 1.807) is 16.7 Å². The van der Waals surface area contributed by atoms with Gasteiger partial charge in [0.2, 0.25) is 0 Å². The Hall–Kier alpha value is -4.49. The maximum absolute atomic E-state index is 11.0. The molecule has 0 fully saturated rings. The van der Waals surface area contributed by atoms with E-state index in [2.05, 4.69) is 167 Å². The molecule has 1 atom stereocenters. The van der Waals surface area contributed by atoms with Crippen LogP contribution >= 0.6 is 0 Å². The molecule has 9 rings (SSSR count). The van der Waals surface area contributed by atoms with Crippen molar-refractivity contribution in [2.45, 2.75) is 117 Å². The van der Waals surface area contributed by atoms with Gasteiger partial charge in [0.15, 0.2) is 0 Å². The first-order chi connectivity index (χ1) is 24.9. The minimum absolute atomic E-state index is 0.0141. The molecule has 0 saturated carbocycles. The van der Waals surface area contributed by atoms with E-state index in [-0.39, 0.29) is 21.7 Å². The molecule has 4 aliphatic carbocycles. The van der Waals surface area contributed by atoms with Gasteiger partial charge >= 0.3 is 0 Å². The van der Waals surface area contributed by atoms with Gasteiger partial charge in [0, 0.05) is 27.7 Å². The summed E-state index contributed by atoms with van der Waals surface area (Å²) in [7, 11) is 0. The normalized spacial score (nSPS) is 20.1. The third-order valence-electron chi connectivity index (χ3n) is 13.4. The first-order valence-corrected chi connectivity index (χ1v) is 19.7. The van der Waals surface area contributed by atoms with Crippen molar-refractivity contribution >= 4 is 6.29 Å². The molecule has 5 aromatic carbocycles. The smallest absolute Gasteiger partial charge is 0.150 e. The number of allylic oxidation sites excluding steroid dienone is 2. The summed E-state index contributed by atoms with van der Waals surface area (Å²) in [5, 5.41) is 0. The monoisotopic (exact) mass is 696 g/mol. The molecule has 0 bridgehead atoms. The molecule has 0 heterocycles. The highest BCUT2D eigenvalue weighted by molar-refractivity contribution is 5.86. The van der Waals surface area contributed by atoms with Gasteiger partial charge in [0.25, 0.3) is 0 Å². The second-order valence-corrected chi connectivity index (χ2v) is 19.6. The van der Waals surface area contributed by atoms with Crippen LogP contribution in [0.15, 0.2) is 109 Å². The van der Waals surface area contributed by atoms with Crippen LogP contribution in [0.1, 0.15) is 144 Å². The molecular formula is C52H56O. The third-order valence-corrected chi connectivity index (χ3v) is 13.4. The Morgan fingerprint density at radius 2 is 1.09 bits per heavy atom. The SMILES string of the molecule is CC(C)(C)c1cc2c(cc1-c1ccc(C=O)cc1)C(C)(C)c1ccccc1-2.CC1(C)C=C2C(CC1)c1cc3c(cc1C2(C)C)-c1ccccc1C3(C)C. The Labute approximate surface area is 318 Å². The van der Waals surface area contributed by atoms with Gasteiger partial charge < -0.3 is 0 Å².